The van der Waals surface area contributed by atoms with E-state index < -0.39 is 4.92 Å². The molecule has 0 radical (unpaired) electrons. The first-order valence-corrected chi connectivity index (χ1v) is 5.81. The van der Waals surface area contributed by atoms with Crippen LogP contribution in [0.3, 0.4) is 0 Å². The van der Waals surface area contributed by atoms with E-state index in [0.717, 1.165) is 0 Å². The van der Waals surface area contributed by atoms with Gasteiger partial charge in [0.15, 0.2) is 0 Å². The molecule has 0 aromatic carbocycles. The Labute approximate surface area is 115 Å². The fourth-order valence-electron chi connectivity index (χ4n) is 1.75. The van der Waals surface area contributed by atoms with E-state index in [4.69, 9.17) is 5.84 Å². The molecule has 0 aliphatic rings. The molecule has 1 amide bonds. The molecule has 1 heterocycles. The van der Waals surface area contributed by atoms with E-state index in [-0.39, 0.29) is 35.7 Å². The van der Waals surface area contributed by atoms with Crippen molar-refractivity contribution in [2.75, 3.05) is 31.0 Å². The quantitative estimate of drug-likeness (QED) is 0.360. The summed E-state index contributed by atoms with van der Waals surface area (Å²) in [6, 6.07) is 0. The molecule has 1 unspecified atom stereocenters. The third kappa shape index (κ3) is 3.29. The van der Waals surface area contributed by atoms with Crippen LogP contribution >= 0.6 is 0 Å². The molecule has 0 saturated heterocycles. The van der Waals surface area contributed by atoms with Crippen LogP contribution in [0.2, 0.25) is 0 Å². The van der Waals surface area contributed by atoms with Gasteiger partial charge in [-0.3, -0.25) is 14.9 Å². The minimum absolute atomic E-state index is 0.0838. The van der Waals surface area contributed by atoms with Crippen molar-refractivity contribution in [1.29, 1.82) is 0 Å². The number of carbonyl (C=O) groups excluding carboxylic acids is 1. The maximum Gasteiger partial charge on any atom is 0.354 e. The van der Waals surface area contributed by atoms with Crippen molar-refractivity contribution in [2.45, 2.75) is 6.92 Å². The zero-order chi connectivity index (χ0) is 15.3. The third-order valence-electron chi connectivity index (χ3n) is 2.73. The van der Waals surface area contributed by atoms with E-state index in [2.05, 4.69) is 20.7 Å². The minimum Gasteiger partial charge on any atom is -0.359 e. The molecule has 20 heavy (non-hydrogen) atoms. The number of nitrogen functional groups attached to an aromatic ring is 1. The van der Waals surface area contributed by atoms with Gasteiger partial charge in [-0.1, -0.05) is 6.92 Å². The second-order valence-electron chi connectivity index (χ2n) is 4.19. The Balaban J connectivity index is 3.06. The molecule has 0 spiro atoms. The predicted octanol–water partition coefficient (Wildman–Crippen LogP) is -0.511. The lowest BCUT2D eigenvalue weighted by Gasteiger charge is -2.21. The number of nitrogens with zero attached hydrogens (tertiary/aromatic N) is 4. The average Bonchev–Trinajstić information content (AvgIpc) is 2.44. The van der Waals surface area contributed by atoms with Crippen LogP contribution in [0.4, 0.5) is 17.3 Å². The van der Waals surface area contributed by atoms with Crippen LogP contribution in [0, 0.1) is 16.0 Å². The van der Waals surface area contributed by atoms with Crippen molar-refractivity contribution in [1.82, 2.24) is 15.3 Å². The van der Waals surface area contributed by atoms with Gasteiger partial charge in [-0.15, -0.1) is 0 Å². The van der Waals surface area contributed by atoms with Crippen molar-refractivity contribution < 1.29 is 9.72 Å². The molecule has 0 fully saturated rings. The Morgan fingerprint density at radius 1 is 1.60 bits per heavy atom. The molecule has 1 atom stereocenters. The van der Waals surface area contributed by atoms with Crippen molar-refractivity contribution in [3.63, 3.8) is 0 Å². The topological polar surface area (TPSA) is 139 Å². The van der Waals surface area contributed by atoms with Gasteiger partial charge in [0.05, 0.1) is 10.8 Å². The first kappa shape index (κ1) is 15.6. The summed E-state index contributed by atoms with van der Waals surface area (Å²) in [7, 11) is 3.14. The number of anilines is 2. The number of hydrogen-bond donors (Lipinski definition) is 3. The summed E-state index contributed by atoms with van der Waals surface area (Å²) in [5, 5.41) is 13.6. The highest BCUT2D eigenvalue weighted by Gasteiger charge is 2.26. The highest BCUT2D eigenvalue weighted by Crippen LogP contribution is 2.30. The van der Waals surface area contributed by atoms with Crippen molar-refractivity contribution in [2.24, 2.45) is 11.8 Å². The molecular weight excluding hydrogens is 266 g/mol. The molecule has 0 aliphatic carbocycles. The monoisotopic (exact) mass is 283 g/mol. The molecule has 4 N–H and O–H groups in total. The Bertz CT molecular complexity index is 508. The van der Waals surface area contributed by atoms with Gasteiger partial charge in [-0.05, 0) is 0 Å². The first-order valence-electron chi connectivity index (χ1n) is 5.81. The fourth-order valence-corrected chi connectivity index (χ4v) is 1.75. The van der Waals surface area contributed by atoms with E-state index in [1.54, 1.807) is 14.0 Å². The predicted molar refractivity (Wildman–Crippen MR) is 73.0 cm³/mol. The lowest BCUT2D eigenvalue weighted by Crippen LogP contribution is -2.35. The summed E-state index contributed by atoms with van der Waals surface area (Å²) in [5.74, 6) is 4.69. The number of nitro groups is 1. The second kappa shape index (κ2) is 6.61. The number of rotatable bonds is 6. The summed E-state index contributed by atoms with van der Waals surface area (Å²) in [6.07, 6.45) is 1.17. The standard InChI is InChI=1S/C10H17N7O3/c1-6(10(18)12-2)4-16(3)9-7(17(19)20)8(15-11)13-5-14-9/h5-6H,4,11H2,1-3H3,(H,12,18)(H,13,14,15). The van der Waals surface area contributed by atoms with Crippen LogP contribution in [0.25, 0.3) is 0 Å². The van der Waals surface area contributed by atoms with Crippen LogP contribution in [0.1, 0.15) is 6.92 Å². The molecule has 0 saturated carbocycles. The second-order valence-corrected chi connectivity index (χ2v) is 4.19. The summed E-state index contributed by atoms with van der Waals surface area (Å²) in [6.45, 7) is 1.98. The molecule has 10 heteroatoms. The van der Waals surface area contributed by atoms with Crippen LogP contribution < -0.4 is 21.5 Å². The highest BCUT2D eigenvalue weighted by atomic mass is 16.6. The smallest absolute Gasteiger partial charge is 0.354 e. The molecule has 110 valence electrons. The van der Waals surface area contributed by atoms with Crippen LogP contribution in [-0.4, -0.2) is 41.4 Å². The first-order chi connectivity index (χ1) is 9.42. The SMILES string of the molecule is CNC(=O)C(C)CN(C)c1ncnc(NN)c1[N+](=O)[O-]. The summed E-state index contributed by atoms with van der Waals surface area (Å²) in [5.41, 5.74) is 1.83. The number of nitrogens with two attached hydrogens (primary N) is 1. The Morgan fingerprint density at radius 3 is 2.75 bits per heavy atom. The number of aromatic nitrogens is 2. The third-order valence-corrected chi connectivity index (χ3v) is 2.73. The van der Waals surface area contributed by atoms with Gasteiger partial charge in [0, 0.05) is 20.6 Å². The van der Waals surface area contributed by atoms with E-state index in [1.165, 1.54) is 18.3 Å². The van der Waals surface area contributed by atoms with E-state index in [0.29, 0.717) is 0 Å². The van der Waals surface area contributed by atoms with Gasteiger partial charge in [0.25, 0.3) is 0 Å². The number of hydrazine groups is 1. The van der Waals surface area contributed by atoms with Crippen molar-refractivity contribution in [3.8, 4) is 0 Å². The van der Waals surface area contributed by atoms with Crippen LogP contribution in [0.5, 0.6) is 0 Å². The van der Waals surface area contributed by atoms with Crippen LogP contribution in [-0.2, 0) is 4.79 Å². The Morgan fingerprint density at radius 2 is 2.25 bits per heavy atom. The van der Waals surface area contributed by atoms with Gasteiger partial charge in [0.1, 0.15) is 6.33 Å². The van der Waals surface area contributed by atoms with E-state index in [1.807, 2.05) is 0 Å². The maximum atomic E-state index is 11.5. The minimum atomic E-state index is -0.619. The number of hydrogen-bond acceptors (Lipinski definition) is 8. The molecule has 1 aromatic rings. The normalized spacial score (nSPS) is 11.6. The summed E-state index contributed by atoms with van der Waals surface area (Å²) >= 11 is 0. The lowest BCUT2D eigenvalue weighted by molar-refractivity contribution is -0.383. The largest absolute Gasteiger partial charge is 0.359 e. The van der Waals surface area contributed by atoms with Crippen molar-refractivity contribution in [3.05, 3.63) is 16.4 Å². The fraction of sp³-hybridized carbons (Fsp3) is 0.500. The van der Waals surface area contributed by atoms with Gasteiger partial charge < -0.3 is 15.6 Å². The van der Waals surface area contributed by atoms with Gasteiger partial charge in [-0.2, -0.15) is 0 Å². The highest BCUT2D eigenvalue weighted by molar-refractivity contribution is 5.79. The van der Waals surface area contributed by atoms with E-state index >= 15 is 0 Å². The zero-order valence-corrected chi connectivity index (χ0v) is 11.5. The molecule has 10 nitrogen and oxygen atoms in total. The molecular formula is C10H17N7O3. The zero-order valence-electron chi connectivity index (χ0n) is 11.5. The Kier molecular flexibility index (Phi) is 5.15. The maximum absolute atomic E-state index is 11.5. The van der Waals surface area contributed by atoms with Crippen LogP contribution in [0.15, 0.2) is 6.33 Å². The summed E-state index contributed by atoms with van der Waals surface area (Å²) < 4.78 is 0. The number of nitrogens with one attached hydrogen (secondary N) is 2. The summed E-state index contributed by atoms with van der Waals surface area (Å²) in [4.78, 5) is 31.1. The average molecular weight is 283 g/mol. The van der Waals surface area contributed by atoms with Gasteiger partial charge in [0.2, 0.25) is 17.5 Å². The molecule has 1 aromatic heterocycles. The van der Waals surface area contributed by atoms with Crippen molar-refractivity contribution >= 4 is 23.2 Å². The lowest BCUT2D eigenvalue weighted by atomic mass is 10.1. The van der Waals surface area contributed by atoms with E-state index in [9.17, 15) is 14.9 Å². The van der Waals surface area contributed by atoms with Gasteiger partial charge in [-0.25, -0.2) is 15.8 Å². The number of carbonyl (C=O) groups is 1. The molecule has 0 aliphatic heterocycles. The number of amides is 1. The molecule has 1 rings (SSSR count). The molecule has 0 bridgehead atoms. The Hall–Kier alpha value is -2.49. The van der Waals surface area contributed by atoms with Gasteiger partial charge >= 0.3 is 5.69 Å².